The number of rotatable bonds is 6. The number of benzene rings is 1. The topological polar surface area (TPSA) is 93.9 Å². The van der Waals surface area contributed by atoms with Crippen LogP contribution in [0.3, 0.4) is 0 Å². The van der Waals surface area contributed by atoms with Gasteiger partial charge in [0.05, 0.1) is 12.0 Å². The SMILES string of the molecule is COC(=O)c1cc(NCC2(N(C)C)CCOCC2)ccc1[N+](=O)[O-]. The molecule has 0 unspecified atom stereocenters. The zero-order valence-corrected chi connectivity index (χ0v) is 14.2. The lowest BCUT2D eigenvalue weighted by molar-refractivity contribution is -0.385. The van der Waals surface area contributed by atoms with Crippen LogP contribution in [0.4, 0.5) is 11.4 Å². The van der Waals surface area contributed by atoms with E-state index < -0.39 is 10.9 Å². The molecule has 1 saturated heterocycles. The number of likely N-dealkylation sites (N-methyl/N-ethyl adjacent to an activating group) is 1. The van der Waals surface area contributed by atoms with Crippen molar-refractivity contribution in [3.63, 3.8) is 0 Å². The summed E-state index contributed by atoms with van der Waals surface area (Å²) < 4.78 is 10.1. The molecule has 0 spiro atoms. The van der Waals surface area contributed by atoms with Crippen LogP contribution in [0.2, 0.25) is 0 Å². The molecule has 8 heteroatoms. The number of nitrogens with one attached hydrogen (secondary N) is 1. The fourth-order valence-electron chi connectivity index (χ4n) is 2.88. The van der Waals surface area contributed by atoms with Gasteiger partial charge < -0.3 is 19.7 Å². The molecule has 0 atom stereocenters. The Morgan fingerprint density at radius 3 is 2.62 bits per heavy atom. The predicted octanol–water partition coefficient (Wildman–Crippen LogP) is 1.90. The van der Waals surface area contributed by atoms with Gasteiger partial charge in [-0.15, -0.1) is 0 Å². The molecule has 8 nitrogen and oxygen atoms in total. The number of anilines is 1. The largest absolute Gasteiger partial charge is 0.465 e. The van der Waals surface area contributed by atoms with E-state index in [9.17, 15) is 14.9 Å². The maximum absolute atomic E-state index is 11.8. The highest BCUT2D eigenvalue weighted by atomic mass is 16.6. The van der Waals surface area contributed by atoms with Crippen molar-refractivity contribution in [2.24, 2.45) is 0 Å². The first-order chi connectivity index (χ1) is 11.4. The lowest BCUT2D eigenvalue weighted by Crippen LogP contribution is -2.53. The van der Waals surface area contributed by atoms with E-state index in [2.05, 4.69) is 15.0 Å². The molecule has 0 aromatic heterocycles. The van der Waals surface area contributed by atoms with Gasteiger partial charge in [0, 0.05) is 37.1 Å². The van der Waals surface area contributed by atoms with E-state index >= 15 is 0 Å². The molecule has 1 aromatic carbocycles. The molecule has 0 aliphatic carbocycles. The zero-order valence-electron chi connectivity index (χ0n) is 14.2. The number of esters is 1. The maximum Gasteiger partial charge on any atom is 0.344 e. The third-order valence-electron chi connectivity index (χ3n) is 4.59. The van der Waals surface area contributed by atoms with Crippen LogP contribution in [0.5, 0.6) is 0 Å². The predicted molar refractivity (Wildman–Crippen MR) is 89.4 cm³/mol. The number of nitro benzene ring substituents is 1. The third-order valence-corrected chi connectivity index (χ3v) is 4.59. The average Bonchev–Trinajstić information content (AvgIpc) is 2.59. The Morgan fingerprint density at radius 2 is 2.08 bits per heavy atom. The molecule has 1 aliphatic heterocycles. The van der Waals surface area contributed by atoms with Gasteiger partial charge >= 0.3 is 5.97 Å². The number of nitro groups is 1. The molecule has 2 rings (SSSR count). The molecule has 132 valence electrons. The second-order valence-corrected chi connectivity index (χ2v) is 6.07. The van der Waals surface area contributed by atoms with Crippen LogP contribution in [0.15, 0.2) is 18.2 Å². The first-order valence-corrected chi connectivity index (χ1v) is 7.75. The van der Waals surface area contributed by atoms with Crippen LogP contribution >= 0.6 is 0 Å². The highest BCUT2D eigenvalue weighted by Crippen LogP contribution is 2.28. The fourth-order valence-corrected chi connectivity index (χ4v) is 2.88. The van der Waals surface area contributed by atoms with Crippen molar-refractivity contribution in [3.05, 3.63) is 33.9 Å². The maximum atomic E-state index is 11.8. The van der Waals surface area contributed by atoms with Gasteiger partial charge in [-0.2, -0.15) is 0 Å². The number of methoxy groups -OCH3 is 1. The number of carbonyl (C=O) groups is 1. The van der Waals surface area contributed by atoms with Gasteiger partial charge in [0.1, 0.15) is 5.56 Å². The first-order valence-electron chi connectivity index (χ1n) is 7.75. The van der Waals surface area contributed by atoms with Crippen molar-refractivity contribution in [1.82, 2.24) is 4.90 Å². The summed E-state index contributed by atoms with van der Waals surface area (Å²) in [6.45, 7) is 2.06. The van der Waals surface area contributed by atoms with Crippen LogP contribution in [-0.4, -0.2) is 62.3 Å². The van der Waals surface area contributed by atoms with E-state index in [1.807, 2.05) is 14.1 Å². The molecule has 0 bridgehead atoms. The Morgan fingerprint density at radius 1 is 1.42 bits per heavy atom. The van der Waals surface area contributed by atoms with Crippen LogP contribution in [0.25, 0.3) is 0 Å². The minimum absolute atomic E-state index is 0.0501. The first kappa shape index (κ1) is 18.2. The van der Waals surface area contributed by atoms with E-state index in [4.69, 9.17) is 4.74 Å². The molecular weight excluding hydrogens is 314 g/mol. The standard InChI is InChI=1S/C16H23N3O5/c1-18(2)16(6-8-24-9-7-16)11-17-12-4-5-14(19(21)22)13(10-12)15(20)23-3/h4-5,10,17H,6-9,11H2,1-3H3. The minimum Gasteiger partial charge on any atom is -0.465 e. The summed E-state index contributed by atoms with van der Waals surface area (Å²) in [7, 11) is 5.26. The van der Waals surface area contributed by atoms with Crippen molar-refractivity contribution in [3.8, 4) is 0 Å². The summed E-state index contributed by atoms with van der Waals surface area (Å²) in [5, 5.41) is 14.4. The molecule has 1 aromatic rings. The number of nitrogens with zero attached hydrogens (tertiary/aromatic N) is 2. The fraction of sp³-hybridized carbons (Fsp3) is 0.562. The summed E-state index contributed by atoms with van der Waals surface area (Å²) >= 11 is 0. The molecular formula is C16H23N3O5. The van der Waals surface area contributed by atoms with E-state index in [0.717, 1.165) is 12.8 Å². The highest BCUT2D eigenvalue weighted by Gasteiger charge is 2.34. The molecule has 1 N–H and O–H groups in total. The number of hydrogen-bond donors (Lipinski definition) is 1. The minimum atomic E-state index is -0.723. The number of carbonyl (C=O) groups excluding carboxylic acids is 1. The lowest BCUT2D eigenvalue weighted by Gasteiger charge is -2.43. The van der Waals surface area contributed by atoms with Gasteiger partial charge in [-0.1, -0.05) is 0 Å². The normalized spacial score (nSPS) is 16.7. The van der Waals surface area contributed by atoms with Gasteiger partial charge in [0.25, 0.3) is 5.69 Å². The second-order valence-electron chi connectivity index (χ2n) is 6.07. The Hall–Kier alpha value is -2.19. The zero-order chi connectivity index (χ0) is 17.7. The van der Waals surface area contributed by atoms with Crippen LogP contribution < -0.4 is 5.32 Å². The Balaban J connectivity index is 2.20. The average molecular weight is 337 g/mol. The smallest absolute Gasteiger partial charge is 0.344 e. The quantitative estimate of drug-likeness (QED) is 0.481. The summed E-state index contributed by atoms with van der Waals surface area (Å²) in [6, 6.07) is 4.39. The van der Waals surface area contributed by atoms with Gasteiger partial charge in [0.2, 0.25) is 0 Å². The lowest BCUT2D eigenvalue weighted by atomic mass is 9.88. The van der Waals surface area contributed by atoms with E-state index in [0.29, 0.717) is 25.4 Å². The van der Waals surface area contributed by atoms with Crippen LogP contribution in [-0.2, 0) is 9.47 Å². The molecule has 0 radical (unpaired) electrons. The summed E-state index contributed by atoms with van der Waals surface area (Å²) in [6.07, 6.45) is 1.79. The molecule has 1 fully saturated rings. The van der Waals surface area contributed by atoms with Crippen LogP contribution in [0.1, 0.15) is 23.2 Å². The Bertz CT molecular complexity index is 612. The number of hydrogen-bond acceptors (Lipinski definition) is 7. The van der Waals surface area contributed by atoms with Crippen molar-refractivity contribution < 1.29 is 19.2 Å². The molecule has 1 heterocycles. The number of ether oxygens (including phenoxy) is 2. The molecule has 0 amide bonds. The summed E-state index contributed by atoms with van der Waals surface area (Å²) in [5.41, 5.74) is 0.277. The van der Waals surface area contributed by atoms with Gasteiger partial charge in [-0.3, -0.25) is 10.1 Å². The van der Waals surface area contributed by atoms with Crippen LogP contribution in [0, 0.1) is 10.1 Å². The highest BCUT2D eigenvalue weighted by molar-refractivity contribution is 5.95. The second kappa shape index (κ2) is 7.59. The van der Waals surface area contributed by atoms with E-state index in [1.165, 1.54) is 19.2 Å². The molecule has 24 heavy (non-hydrogen) atoms. The van der Waals surface area contributed by atoms with Crippen molar-refractivity contribution in [1.29, 1.82) is 0 Å². The van der Waals surface area contributed by atoms with E-state index in [1.54, 1.807) is 6.07 Å². The van der Waals surface area contributed by atoms with Crippen molar-refractivity contribution >= 4 is 17.3 Å². The summed E-state index contributed by atoms with van der Waals surface area (Å²) in [4.78, 5) is 24.4. The Labute approximate surface area is 140 Å². The molecule has 0 saturated carbocycles. The monoisotopic (exact) mass is 337 g/mol. The van der Waals surface area contributed by atoms with E-state index in [-0.39, 0.29) is 16.8 Å². The van der Waals surface area contributed by atoms with Gasteiger partial charge in [-0.25, -0.2) is 4.79 Å². The summed E-state index contributed by atoms with van der Waals surface area (Å²) in [5.74, 6) is -0.723. The third kappa shape index (κ3) is 3.82. The van der Waals surface area contributed by atoms with Gasteiger partial charge in [0.15, 0.2) is 0 Å². The molecule has 1 aliphatic rings. The van der Waals surface area contributed by atoms with Crippen molar-refractivity contribution in [2.45, 2.75) is 18.4 Å². The Kier molecular flexibility index (Phi) is 5.74. The van der Waals surface area contributed by atoms with Crippen molar-refractivity contribution in [2.75, 3.05) is 46.3 Å². The van der Waals surface area contributed by atoms with Gasteiger partial charge in [-0.05, 0) is 39.1 Å².